The van der Waals surface area contributed by atoms with E-state index in [0.717, 1.165) is 6.07 Å². The van der Waals surface area contributed by atoms with Gasteiger partial charge in [0.15, 0.2) is 11.5 Å². The van der Waals surface area contributed by atoms with E-state index in [1.54, 1.807) is 0 Å². The van der Waals surface area contributed by atoms with Crippen molar-refractivity contribution in [3.63, 3.8) is 0 Å². The molecule has 0 aromatic heterocycles. The maximum absolute atomic E-state index is 13.0. The molecule has 0 aliphatic carbocycles. The lowest BCUT2D eigenvalue weighted by molar-refractivity contribution is -0.138. The van der Waals surface area contributed by atoms with Crippen LogP contribution in [0.1, 0.15) is 24.0 Å². The molecule has 0 fully saturated rings. The van der Waals surface area contributed by atoms with Crippen molar-refractivity contribution < 1.29 is 22.6 Å². The number of ether oxygens (including phenoxy) is 2. The summed E-state index contributed by atoms with van der Waals surface area (Å²) in [7, 11) is 2.74. The molecule has 6 heteroatoms. The minimum atomic E-state index is -4.41. The zero-order chi connectivity index (χ0) is 14.5. The van der Waals surface area contributed by atoms with Gasteiger partial charge in [0.25, 0.3) is 0 Å². The van der Waals surface area contributed by atoms with E-state index >= 15 is 0 Å². The van der Waals surface area contributed by atoms with Gasteiger partial charge in [0.2, 0.25) is 0 Å². The average Bonchev–Trinajstić information content (AvgIpc) is 2.36. The number of benzene rings is 1. The number of halogens is 3. The Labute approximate surface area is 110 Å². The topological polar surface area (TPSA) is 44.5 Å². The molecule has 0 unspecified atom stereocenters. The Morgan fingerprint density at radius 2 is 1.79 bits per heavy atom. The van der Waals surface area contributed by atoms with Gasteiger partial charge in [-0.2, -0.15) is 13.2 Å². The third kappa shape index (κ3) is 3.76. The minimum Gasteiger partial charge on any atom is -0.493 e. The molecule has 0 heterocycles. The van der Waals surface area contributed by atoms with Crippen LogP contribution in [0.15, 0.2) is 12.1 Å². The number of methoxy groups -OCH3 is 2. The van der Waals surface area contributed by atoms with E-state index in [1.165, 1.54) is 20.3 Å². The van der Waals surface area contributed by atoms with E-state index in [-0.39, 0.29) is 17.7 Å². The number of hydrogen-bond acceptors (Lipinski definition) is 3. The van der Waals surface area contributed by atoms with Crippen molar-refractivity contribution in [1.29, 1.82) is 0 Å². The van der Waals surface area contributed by atoms with E-state index in [9.17, 15) is 13.2 Å². The first-order valence-electron chi connectivity index (χ1n) is 5.96. The highest BCUT2D eigenvalue weighted by atomic mass is 19.4. The monoisotopic (exact) mass is 277 g/mol. The summed E-state index contributed by atoms with van der Waals surface area (Å²) in [4.78, 5) is 0. The third-order valence-electron chi connectivity index (χ3n) is 2.83. The summed E-state index contributed by atoms with van der Waals surface area (Å²) < 4.78 is 49.1. The molecule has 0 bridgehead atoms. The van der Waals surface area contributed by atoms with Crippen molar-refractivity contribution in [2.24, 2.45) is 5.73 Å². The molecular formula is C13H18F3NO2. The van der Waals surface area contributed by atoms with Gasteiger partial charge in [0.1, 0.15) is 0 Å². The normalized spacial score (nSPS) is 11.5. The van der Waals surface area contributed by atoms with Crippen molar-refractivity contribution in [3.8, 4) is 11.5 Å². The second-order valence-electron chi connectivity index (χ2n) is 4.07. The lowest BCUT2D eigenvalue weighted by atomic mass is 9.99. The molecule has 0 spiro atoms. The van der Waals surface area contributed by atoms with Crippen LogP contribution in [0.5, 0.6) is 11.5 Å². The Morgan fingerprint density at radius 1 is 1.11 bits per heavy atom. The summed E-state index contributed by atoms with van der Waals surface area (Å²) in [5.41, 5.74) is 4.81. The van der Waals surface area contributed by atoms with Crippen molar-refractivity contribution in [3.05, 3.63) is 23.3 Å². The SMILES string of the molecule is COc1ccc(C(F)(F)F)c(CCCCN)c1OC. The van der Waals surface area contributed by atoms with Gasteiger partial charge in [0.05, 0.1) is 19.8 Å². The van der Waals surface area contributed by atoms with E-state index in [0.29, 0.717) is 25.1 Å². The standard InChI is InChI=1S/C13H18F3NO2/c1-18-11-7-6-10(13(14,15)16)9(12(11)19-2)5-3-4-8-17/h6-7H,3-5,8,17H2,1-2H3. The molecule has 0 atom stereocenters. The molecule has 0 aliphatic rings. The third-order valence-corrected chi connectivity index (χ3v) is 2.83. The molecule has 1 aromatic carbocycles. The van der Waals surface area contributed by atoms with Crippen molar-refractivity contribution >= 4 is 0 Å². The molecule has 0 aliphatic heterocycles. The quantitative estimate of drug-likeness (QED) is 0.813. The second-order valence-corrected chi connectivity index (χ2v) is 4.07. The van der Waals surface area contributed by atoms with Crippen LogP contribution in [0.25, 0.3) is 0 Å². The maximum Gasteiger partial charge on any atom is 0.416 e. The Bertz CT molecular complexity index is 419. The van der Waals surface area contributed by atoms with Crippen molar-refractivity contribution in [1.82, 2.24) is 0 Å². The minimum absolute atomic E-state index is 0.128. The molecule has 1 aromatic rings. The van der Waals surface area contributed by atoms with Crippen LogP contribution in [0.4, 0.5) is 13.2 Å². The van der Waals surface area contributed by atoms with Gasteiger partial charge in [-0.25, -0.2) is 0 Å². The van der Waals surface area contributed by atoms with Gasteiger partial charge >= 0.3 is 6.18 Å². The van der Waals surface area contributed by atoms with E-state index in [4.69, 9.17) is 15.2 Å². The highest BCUT2D eigenvalue weighted by molar-refractivity contribution is 5.51. The largest absolute Gasteiger partial charge is 0.493 e. The fraction of sp³-hybridized carbons (Fsp3) is 0.538. The molecule has 19 heavy (non-hydrogen) atoms. The second kappa shape index (κ2) is 6.65. The predicted octanol–water partition coefficient (Wildman–Crippen LogP) is 3.00. The summed E-state index contributed by atoms with van der Waals surface area (Å²) in [6.45, 7) is 0.452. The summed E-state index contributed by atoms with van der Waals surface area (Å²) in [6.07, 6.45) is -2.91. The number of alkyl halides is 3. The molecule has 2 N–H and O–H groups in total. The number of unbranched alkanes of at least 4 members (excludes halogenated alkanes) is 1. The molecule has 1 rings (SSSR count). The fourth-order valence-electron chi connectivity index (χ4n) is 1.95. The molecule has 0 saturated heterocycles. The van der Waals surface area contributed by atoms with Crippen LogP contribution in [-0.4, -0.2) is 20.8 Å². The maximum atomic E-state index is 13.0. The predicted molar refractivity (Wildman–Crippen MR) is 66.5 cm³/mol. The van der Waals surface area contributed by atoms with E-state index < -0.39 is 11.7 Å². The molecule has 0 saturated carbocycles. The fourth-order valence-corrected chi connectivity index (χ4v) is 1.95. The zero-order valence-electron chi connectivity index (χ0n) is 11.0. The molecular weight excluding hydrogens is 259 g/mol. The Hall–Kier alpha value is -1.43. The summed E-state index contributed by atoms with van der Waals surface area (Å²) >= 11 is 0. The van der Waals surface area contributed by atoms with Crippen LogP contribution >= 0.6 is 0 Å². The van der Waals surface area contributed by atoms with Gasteiger partial charge in [-0.15, -0.1) is 0 Å². The molecule has 0 radical (unpaired) electrons. The summed E-state index contributed by atoms with van der Waals surface area (Å²) in [5, 5.41) is 0. The van der Waals surface area contributed by atoms with Gasteiger partial charge in [0, 0.05) is 5.56 Å². The van der Waals surface area contributed by atoms with E-state index in [2.05, 4.69) is 0 Å². The summed E-state index contributed by atoms with van der Waals surface area (Å²) in [6, 6.07) is 2.30. The molecule has 0 amide bonds. The molecule has 108 valence electrons. The van der Waals surface area contributed by atoms with Crippen molar-refractivity contribution in [2.75, 3.05) is 20.8 Å². The van der Waals surface area contributed by atoms with Gasteiger partial charge < -0.3 is 15.2 Å². The van der Waals surface area contributed by atoms with Gasteiger partial charge in [-0.3, -0.25) is 0 Å². The Balaban J connectivity index is 3.24. The first-order chi connectivity index (χ1) is 8.95. The van der Waals surface area contributed by atoms with Crippen LogP contribution in [-0.2, 0) is 12.6 Å². The van der Waals surface area contributed by atoms with Crippen LogP contribution in [0, 0.1) is 0 Å². The number of rotatable bonds is 6. The average molecular weight is 277 g/mol. The van der Waals surface area contributed by atoms with Gasteiger partial charge in [-0.1, -0.05) is 0 Å². The first-order valence-corrected chi connectivity index (χ1v) is 5.96. The smallest absolute Gasteiger partial charge is 0.416 e. The first kappa shape index (κ1) is 15.6. The number of nitrogens with two attached hydrogens (primary N) is 1. The highest BCUT2D eigenvalue weighted by Gasteiger charge is 2.35. The lowest BCUT2D eigenvalue weighted by Crippen LogP contribution is -2.11. The van der Waals surface area contributed by atoms with Crippen LogP contribution in [0.2, 0.25) is 0 Å². The van der Waals surface area contributed by atoms with Crippen LogP contribution in [0.3, 0.4) is 0 Å². The van der Waals surface area contributed by atoms with Gasteiger partial charge in [-0.05, 0) is 37.9 Å². The Kier molecular flexibility index (Phi) is 5.47. The lowest BCUT2D eigenvalue weighted by Gasteiger charge is -2.18. The summed E-state index contributed by atoms with van der Waals surface area (Å²) in [5.74, 6) is 0.451. The highest BCUT2D eigenvalue weighted by Crippen LogP contribution is 2.41. The van der Waals surface area contributed by atoms with Crippen LogP contribution < -0.4 is 15.2 Å². The van der Waals surface area contributed by atoms with Crippen molar-refractivity contribution in [2.45, 2.75) is 25.4 Å². The zero-order valence-corrected chi connectivity index (χ0v) is 11.0. The molecule has 3 nitrogen and oxygen atoms in total. The number of hydrogen-bond donors (Lipinski definition) is 1. The Morgan fingerprint density at radius 3 is 2.26 bits per heavy atom. The van der Waals surface area contributed by atoms with E-state index in [1.807, 2.05) is 0 Å².